The topological polar surface area (TPSA) is 69.0 Å². The molecule has 0 saturated heterocycles. The van der Waals surface area contributed by atoms with E-state index in [-0.39, 0.29) is 11.9 Å². The second-order valence-corrected chi connectivity index (χ2v) is 7.04. The number of rotatable bonds is 6. The SMILES string of the molecule is COc1ccc(C)cc1CCNC(=O)c1cc2cnn(C(C)C)c2nc1C. The smallest absolute Gasteiger partial charge is 0.253 e. The molecule has 1 aromatic carbocycles. The lowest BCUT2D eigenvalue weighted by atomic mass is 10.1. The van der Waals surface area contributed by atoms with E-state index in [2.05, 4.69) is 35.3 Å². The van der Waals surface area contributed by atoms with Crippen molar-refractivity contribution in [3.8, 4) is 5.75 Å². The average Bonchev–Trinajstić information content (AvgIpc) is 3.04. The summed E-state index contributed by atoms with van der Waals surface area (Å²) in [6.07, 6.45) is 2.47. The monoisotopic (exact) mass is 366 g/mol. The molecule has 0 spiro atoms. The molecule has 0 aliphatic heterocycles. The summed E-state index contributed by atoms with van der Waals surface area (Å²) in [7, 11) is 1.66. The first-order chi connectivity index (χ1) is 12.9. The van der Waals surface area contributed by atoms with Crippen LogP contribution >= 0.6 is 0 Å². The molecule has 0 unspecified atom stereocenters. The number of nitrogens with one attached hydrogen (secondary N) is 1. The van der Waals surface area contributed by atoms with Gasteiger partial charge in [-0.2, -0.15) is 5.10 Å². The highest BCUT2D eigenvalue weighted by Gasteiger charge is 2.15. The summed E-state index contributed by atoms with van der Waals surface area (Å²) in [5.41, 5.74) is 4.35. The van der Waals surface area contributed by atoms with Gasteiger partial charge in [0.1, 0.15) is 5.75 Å². The Labute approximate surface area is 159 Å². The van der Waals surface area contributed by atoms with Gasteiger partial charge in [0.25, 0.3) is 5.91 Å². The van der Waals surface area contributed by atoms with Crippen LogP contribution in [0, 0.1) is 13.8 Å². The molecule has 3 rings (SSSR count). The molecule has 0 atom stereocenters. The summed E-state index contributed by atoms with van der Waals surface area (Å²) in [6.45, 7) is 8.55. The maximum Gasteiger partial charge on any atom is 0.253 e. The van der Waals surface area contributed by atoms with Crippen molar-refractivity contribution >= 4 is 16.9 Å². The zero-order valence-corrected chi connectivity index (χ0v) is 16.5. The highest BCUT2D eigenvalue weighted by molar-refractivity contribution is 5.98. The number of methoxy groups -OCH3 is 1. The molecule has 0 saturated carbocycles. The number of aryl methyl sites for hydroxylation is 2. The van der Waals surface area contributed by atoms with Gasteiger partial charge in [-0.1, -0.05) is 17.7 Å². The highest BCUT2D eigenvalue weighted by atomic mass is 16.5. The maximum atomic E-state index is 12.7. The minimum absolute atomic E-state index is 0.120. The molecule has 1 N–H and O–H groups in total. The average molecular weight is 366 g/mol. The Balaban J connectivity index is 1.73. The maximum absolute atomic E-state index is 12.7. The molecule has 1 amide bonds. The van der Waals surface area contributed by atoms with Crippen LogP contribution in [0.4, 0.5) is 0 Å². The molecule has 2 aromatic heterocycles. The van der Waals surface area contributed by atoms with E-state index in [1.165, 1.54) is 5.56 Å². The third kappa shape index (κ3) is 3.94. The Morgan fingerprint density at radius 1 is 1.26 bits per heavy atom. The summed E-state index contributed by atoms with van der Waals surface area (Å²) >= 11 is 0. The van der Waals surface area contributed by atoms with Crippen molar-refractivity contribution in [1.29, 1.82) is 0 Å². The molecule has 142 valence electrons. The summed E-state index contributed by atoms with van der Waals surface area (Å²) in [4.78, 5) is 17.3. The van der Waals surface area contributed by atoms with E-state index in [4.69, 9.17) is 4.74 Å². The Bertz CT molecular complexity index is 976. The number of ether oxygens (including phenoxy) is 1. The minimum Gasteiger partial charge on any atom is -0.496 e. The van der Waals surface area contributed by atoms with Gasteiger partial charge in [0.15, 0.2) is 5.65 Å². The van der Waals surface area contributed by atoms with Gasteiger partial charge < -0.3 is 10.1 Å². The number of hydrogen-bond acceptors (Lipinski definition) is 4. The van der Waals surface area contributed by atoms with Gasteiger partial charge in [0.05, 0.1) is 24.6 Å². The Morgan fingerprint density at radius 3 is 2.74 bits per heavy atom. The lowest BCUT2D eigenvalue weighted by Gasteiger charge is -2.12. The molecular weight excluding hydrogens is 340 g/mol. The number of carbonyl (C=O) groups is 1. The largest absolute Gasteiger partial charge is 0.496 e. The number of amides is 1. The molecule has 0 bridgehead atoms. The zero-order chi connectivity index (χ0) is 19.6. The van der Waals surface area contributed by atoms with Crippen LogP contribution in [0.25, 0.3) is 11.0 Å². The molecule has 6 nitrogen and oxygen atoms in total. The van der Waals surface area contributed by atoms with Crippen molar-refractivity contribution in [1.82, 2.24) is 20.1 Å². The van der Waals surface area contributed by atoms with Crippen LogP contribution in [0.3, 0.4) is 0 Å². The van der Waals surface area contributed by atoms with E-state index in [1.807, 2.05) is 36.7 Å². The second-order valence-electron chi connectivity index (χ2n) is 7.04. The standard InChI is InChI=1S/C21H26N4O2/c1-13(2)25-20-17(12-23-25)11-18(15(4)24-20)21(26)22-9-8-16-10-14(3)6-7-19(16)27-5/h6-7,10-13H,8-9H2,1-5H3,(H,22,26). The quantitative estimate of drug-likeness (QED) is 0.723. The summed E-state index contributed by atoms with van der Waals surface area (Å²) in [6, 6.07) is 8.15. The van der Waals surface area contributed by atoms with Gasteiger partial charge in [0, 0.05) is 18.0 Å². The molecule has 0 radical (unpaired) electrons. The van der Waals surface area contributed by atoms with Crippen molar-refractivity contribution < 1.29 is 9.53 Å². The Hall–Kier alpha value is -2.89. The third-order valence-corrected chi connectivity index (χ3v) is 4.61. The molecule has 0 fully saturated rings. The summed E-state index contributed by atoms with van der Waals surface area (Å²) in [5.74, 6) is 0.723. The first-order valence-electron chi connectivity index (χ1n) is 9.17. The van der Waals surface area contributed by atoms with Crippen molar-refractivity contribution in [3.63, 3.8) is 0 Å². The van der Waals surface area contributed by atoms with E-state index < -0.39 is 0 Å². The van der Waals surface area contributed by atoms with Gasteiger partial charge in [0.2, 0.25) is 0 Å². The predicted octanol–water partition coefficient (Wildman–Crippen LogP) is 3.61. The second kappa shape index (κ2) is 7.78. The van der Waals surface area contributed by atoms with Crippen LogP contribution in [0.5, 0.6) is 5.75 Å². The van der Waals surface area contributed by atoms with Crippen LogP contribution < -0.4 is 10.1 Å². The van der Waals surface area contributed by atoms with Crippen LogP contribution in [0.2, 0.25) is 0 Å². The first kappa shape index (κ1) is 18.9. The van der Waals surface area contributed by atoms with Crippen LogP contribution in [-0.2, 0) is 6.42 Å². The minimum atomic E-state index is -0.120. The fourth-order valence-corrected chi connectivity index (χ4v) is 3.18. The van der Waals surface area contributed by atoms with E-state index >= 15 is 0 Å². The van der Waals surface area contributed by atoms with E-state index in [0.717, 1.165) is 22.3 Å². The molecule has 2 heterocycles. The number of hydrogen-bond donors (Lipinski definition) is 1. The van der Waals surface area contributed by atoms with Crippen molar-refractivity contribution in [2.75, 3.05) is 13.7 Å². The number of nitrogens with zero attached hydrogens (tertiary/aromatic N) is 3. The fraction of sp³-hybridized carbons (Fsp3) is 0.381. The normalized spacial score (nSPS) is 11.2. The zero-order valence-electron chi connectivity index (χ0n) is 16.5. The van der Waals surface area contributed by atoms with Crippen LogP contribution in [0.15, 0.2) is 30.5 Å². The lowest BCUT2D eigenvalue weighted by molar-refractivity contribution is 0.0953. The molecule has 0 aliphatic rings. The van der Waals surface area contributed by atoms with E-state index in [9.17, 15) is 4.79 Å². The number of carbonyl (C=O) groups excluding carboxylic acids is 1. The lowest BCUT2D eigenvalue weighted by Crippen LogP contribution is -2.26. The van der Waals surface area contributed by atoms with Gasteiger partial charge in [-0.25, -0.2) is 9.67 Å². The van der Waals surface area contributed by atoms with E-state index in [1.54, 1.807) is 13.3 Å². The van der Waals surface area contributed by atoms with Gasteiger partial charge in [-0.3, -0.25) is 4.79 Å². The summed E-state index contributed by atoms with van der Waals surface area (Å²) in [5, 5.41) is 8.24. The third-order valence-electron chi connectivity index (χ3n) is 4.61. The van der Waals surface area contributed by atoms with Crippen molar-refractivity contribution in [2.45, 2.75) is 40.2 Å². The first-order valence-corrected chi connectivity index (χ1v) is 9.17. The van der Waals surface area contributed by atoms with Gasteiger partial charge in [-0.15, -0.1) is 0 Å². The number of aromatic nitrogens is 3. The summed E-state index contributed by atoms with van der Waals surface area (Å²) < 4.78 is 7.27. The van der Waals surface area contributed by atoms with Gasteiger partial charge >= 0.3 is 0 Å². The highest BCUT2D eigenvalue weighted by Crippen LogP contribution is 2.21. The number of fused-ring (bicyclic) bond motifs is 1. The van der Waals surface area contributed by atoms with Crippen LogP contribution in [-0.4, -0.2) is 34.3 Å². The predicted molar refractivity (Wildman–Crippen MR) is 106 cm³/mol. The van der Waals surface area contributed by atoms with E-state index in [0.29, 0.717) is 24.2 Å². The fourth-order valence-electron chi connectivity index (χ4n) is 3.18. The Kier molecular flexibility index (Phi) is 5.44. The molecule has 27 heavy (non-hydrogen) atoms. The molecule has 3 aromatic rings. The van der Waals surface area contributed by atoms with Crippen molar-refractivity contribution in [2.24, 2.45) is 0 Å². The number of benzene rings is 1. The molecule has 6 heteroatoms. The van der Waals surface area contributed by atoms with Crippen molar-refractivity contribution in [3.05, 3.63) is 52.8 Å². The Morgan fingerprint density at radius 2 is 2.04 bits per heavy atom. The number of pyridine rings is 1. The van der Waals surface area contributed by atoms with Gasteiger partial charge in [-0.05, 0) is 51.8 Å². The molecule has 0 aliphatic carbocycles. The molecular formula is C21H26N4O2. The van der Waals surface area contributed by atoms with Crippen LogP contribution in [0.1, 0.15) is 47.1 Å².